The number of pyridine rings is 1. The first kappa shape index (κ1) is 22.6. The van der Waals surface area contributed by atoms with Crippen LogP contribution in [0.1, 0.15) is 22.3 Å². The molecule has 7 nitrogen and oxygen atoms in total. The number of benzene rings is 1. The maximum atomic E-state index is 13.8. The van der Waals surface area contributed by atoms with E-state index in [1.54, 1.807) is 22.7 Å². The Balaban J connectivity index is 1.78. The van der Waals surface area contributed by atoms with Gasteiger partial charge >= 0.3 is 12.1 Å². The molecule has 4 rings (SSSR count). The van der Waals surface area contributed by atoms with Crippen molar-refractivity contribution >= 4 is 17.7 Å². The van der Waals surface area contributed by atoms with Gasteiger partial charge in [0, 0.05) is 24.7 Å². The number of fused-ring (bicyclic) bond motifs is 1. The molecule has 0 aliphatic carbocycles. The predicted octanol–water partition coefficient (Wildman–Crippen LogP) is 4.74. The molecule has 2 unspecified atom stereocenters. The van der Waals surface area contributed by atoms with Crippen LogP contribution in [0.4, 0.5) is 17.6 Å². The standard InChI is InChI=1S/C22H18F4N4O3/c23-15-3-1-14(2-4-15)19-17(20(32)33)10-16-9-13(5-7-30(16)19)11-21(12-27-29-28-21)18(6-8-31)22(24,25)26/h1-5,7,9-10,12,18,31H,6,8,11H2,(H,32,33). The van der Waals surface area contributed by atoms with Crippen LogP contribution in [0.25, 0.3) is 16.8 Å². The van der Waals surface area contributed by atoms with Gasteiger partial charge in [0.05, 0.1) is 23.4 Å². The lowest BCUT2D eigenvalue weighted by Crippen LogP contribution is -2.47. The molecule has 172 valence electrons. The maximum absolute atomic E-state index is 13.8. The lowest BCUT2D eigenvalue weighted by atomic mass is 9.78. The van der Waals surface area contributed by atoms with Crippen molar-refractivity contribution in [1.29, 1.82) is 0 Å². The first-order chi connectivity index (χ1) is 15.6. The van der Waals surface area contributed by atoms with Crippen LogP contribution in [0.15, 0.2) is 64.1 Å². The Morgan fingerprint density at radius 2 is 1.88 bits per heavy atom. The molecule has 2 aromatic heterocycles. The molecular formula is C22H18F4N4O3. The predicted molar refractivity (Wildman–Crippen MR) is 111 cm³/mol. The first-order valence-electron chi connectivity index (χ1n) is 9.92. The second kappa shape index (κ2) is 8.39. The number of hydrogen-bond acceptors (Lipinski definition) is 5. The molecule has 0 saturated heterocycles. The molecule has 0 radical (unpaired) electrons. The Morgan fingerprint density at radius 1 is 1.15 bits per heavy atom. The van der Waals surface area contributed by atoms with Crippen molar-refractivity contribution < 1.29 is 32.6 Å². The van der Waals surface area contributed by atoms with Crippen molar-refractivity contribution in [1.82, 2.24) is 4.40 Å². The zero-order valence-electron chi connectivity index (χ0n) is 17.0. The Labute approximate surface area is 184 Å². The summed E-state index contributed by atoms with van der Waals surface area (Å²) in [6, 6.07) is 9.84. The molecule has 1 aromatic carbocycles. The summed E-state index contributed by atoms with van der Waals surface area (Å²) in [5.74, 6) is -3.68. The summed E-state index contributed by atoms with van der Waals surface area (Å²) in [4.78, 5) is 11.8. The second-order valence-electron chi connectivity index (χ2n) is 7.76. The Bertz CT molecular complexity index is 1240. The summed E-state index contributed by atoms with van der Waals surface area (Å²) >= 11 is 0. The Morgan fingerprint density at radius 3 is 2.45 bits per heavy atom. The fourth-order valence-corrected chi connectivity index (χ4v) is 4.18. The van der Waals surface area contributed by atoms with E-state index in [0.29, 0.717) is 22.3 Å². The second-order valence-corrected chi connectivity index (χ2v) is 7.76. The molecule has 0 saturated carbocycles. The summed E-state index contributed by atoms with van der Waals surface area (Å²) in [5, 5.41) is 29.6. The van der Waals surface area contributed by atoms with E-state index in [9.17, 15) is 32.6 Å². The van der Waals surface area contributed by atoms with E-state index in [2.05, 4.69) is 15.4 Å². The molecule has 0 fully saturated rings. The van der Waals surface area contributed by atoms with Crippen molar-refractivity contribution in [3.8, 4) is 11.3 Å². The molecule has 0 amide bonds. The van der Waals surface area contributed by atoms with Crippen molar-refractivity contribution in [2.75, 3.05) is 6.61 Å². The van der Waals surface area contributed by atoms with Gasteiger partial charge in [0.25, 0.3) is 0 Å². The lowest BCUT2D eigenvalue weighted by Gasteiger charge is -2.32. The molecular weight excluding hydrogens is 444 g/mol. The van der Waals surface area contributed by atoms with E-state index >= 15 is 0 Å². The number of hydrogen-bond donors (Lipinski definition) is 2. The van der Waals surface area contributed by atoms with Gasteiger partial charge < -0.3 is 14.6 Å². The number of alkyl halides is 3. The van der Waals surface area contributed by atoms with Crippen LogP contribution in [0.5, 0.6) is 0 Å². The number of carbonyl (C=O) groups is 1. The van der Waals surface area contributed by atoms with Crippen LogP contribution >= 0.6 is 0 Å². The fourth-order valence-electron chi connectivity index (χ4n) is 4.18. The van der Waals surface area contributed by atoms with Crippen LogP contribution in [-0.4, -0.2) is 45.1 Å². The van der Waals surface area contributed by atoms with Crippen molar-refractivity contribution in [2.45, 2.75) is 24.6 Å². The van der Waals surface area contributed by atoms with Gasteiger partial charge in [0.1, 0.15) is 11.4 Å². The quantitative estimate of drug-likeness (QED) is 0.496. The third kappa shape index (κ3) is 4.23. The molecule has 33 heavy (non-hydrogen) atoms. The number of nitrogens with zero attached hydrogens (tertiary/aromatic N) is 4. The molecule has 3 aromatic rings. The van der Waals surface area contributed by atoms with Crippen LogP contribution in [0.2, 0.25) is 0 Å². The average molecular weight is 462 g/mol. The molecule has 11 heteroatoms. The van der Waals surface area contributed by atoms with E-state index in [0.717, 1.165) is 6.21 Å². The van der Waals surface area contributed by atoms with Crippen LogP contribution in [0.3, 0.4) is 0 Å². The highest BCUT2D eigenvalue weighted by molar-refractivity contribution is 5.97. The highest BCUT2D eigenvalue weighted by Crippen LogP contribution is 2.42. The maximum Gasteiger partial charge on any atom is 0.394 e. The minimum atomic E-state index is -4.65. The number of aliphatic hydroxyl groups is 1. The first-order valence-corrected chi connectivity index (χ1v) is 9.92. The number of aliphatic hydroxyl groups excluding tert-OH is 1. The highest BCUT2D eigenvalue weighted by Gasteiger charge is 2.54. The third-order valence-corrected chi connectivity index (χ3v) is 5.65. The molecule has 3 heterocycles. The number of halogens is 4. The van der Waals surface area contributed by atoms with Crippen LogP contribution in [0, 0.1) is 11.7 Å². The van der Waals surface area contributed by atoms with Gasteiger partial charge in [-0.25, -0.2) is 9.18 Å². The SMILES string of the molecule is O=C(O)c1cc2cc(CC3(C(CCO)C(F)(F)F)C=NN=N3)ccn2c1-c1ccc(F)cc1. The summed E-state index contributed by atoms with van der Waals surface area (Å²) in [5.41, 5.74) is -0.200. The number of rotatable bonds is 7. The highest BCUT2D eigenvalue weighted by atomic mass is 19.4. The normalized spacial score (nSPS) is 18.8. The van der Waals surface area contributed by atoms with E-state index in [4.69, 9.17) is 0 Å². The van der Waals surface area contributed by atoms with E-state index in [-0.39, 0.29) is 12.0 Å². The zero-order valence-corrected chi connectivity index (χ0v) is 17.0. The van der Waals surface area contributed by atoms with Crippen molar-refractivity contribution in [2.24, 2.45) is 21.4 Å². The summed E-state index contributed by atoms with van der Waals surface area (Å²) in [6.45, 7) is -0.684. The van der Waals surface area contributed by atoms with Crippen LogP contribution in [-0.2, 0) is 6.42 Å². The molecule has 1 aliphatic rings. The summed E-state index contributed by atoms with van der Waals surface area (Å²) < 4.78 is 56.2. The van der Waals surface area contributed by atoms with Crippen LogP contribution < -0.4 is 0 Å². The molecule has 2 N–H and O–H groups in total. The molecule has 0 bridgehead atoms. The number of aromatic carboxylic acids is 1. The monoisotopic (exact) mass is 462 g/mol. The number of carboxylic acid groups (broad SMARTS) is 1. The minimum Gasteiger partial charge on any atom is -0.478 e. The largest absolute Gasteiger partial charge is 0.478 e. The van der Waals surface area contributed by atoms with Crippen molar-refractivity contribution in [3.05, 3.63) is 65.6 Å². The van der Waals surface area contributed by atoms with Gasteiger partial charge in [-0.1, -0.05) is 0 Å². The van der Waals surface area contributed by atoms with Gasteiger partial charge in [0.2, 0.25) is 0 Å². The van der Waals surface area contributed by atoms with Gasteiger partial charge in [-0.3, -0.25) is 0 Å². The number of carboxylic acids is 1. The molecule has 0 spiro atoms. The minimum absolute atomic E-state index is 0.0379. The van der Waals surface area contributed by atoms with E-state index < -0.39 is 42.4 Å². The summed E-state index contributed by atoms with van der Waals surface area (Å²) in [6.07, 6.45) is -2.85. The smallest absolute Gasteiger partial charge is 0.394 e. The van der Waals surface area contributed by atoms with E-state index in [1.165, 1.54) is 30.3 Å². The van der Waals surface area contributed by atoms with E-state index in [1.807, 2.05) is 0 Å². The fraction of sp³-hybridized carbons (Fsp3) is 0.273. The Hall–Kier alpha value is -3.60. The zero-order chi connectivity index (χ0) is 23.8. The van der Waals surface area contributed by atoms with Gasteiger partial charge in [-0.05, 0) is 65.2 Å². The number of aromatic nitrogens is 1. The third-order valence-electron chi connectivity index (χ3n) is 5.65. The Kier molecular flexibility index (Phi) is 5.75. The van der Waals surface area contributed by atoms with Crippen molar-refractivity contribution in [3.63, 3.8) is 0 Å². The molecule has 1 aliphatic heterocycles. The lowest BCUT2D eigenvalue weighted by molar-refractivity contribution is -0.189. The topological polar surface area (TPSA) is 99.0 Å². The molecule has 2 atom stereocenters. The summed E-state index contributed by atoms with van der Waals surface area (Å²) in [7, 11) is 0. The van der Waals surface area contributed by atoms with Gasteiger partial charge in [-0.2, -0.15) is 18.3 Å². The van der Waals surface area contributed by atoms with Gasteiger partial charge in [-0.15, -0.1) is 5.10 Å². The van der Waals surface area contributed by atoms with Gasteiger partial charge in [0.15, 0.2) is 0 Å². The average Bonchev–Trinajstić information content (AvgIpc) is 3.37.